The molecule has 0 aliphatic carbocycles. The van der Waals surface area contributed by atoms with Crippen molar-refractivity contribution in [3.8, 4) is 0 Å². The zero-order valence-corrected chi connectivity index (χ0v) is 17.8. The maximum absolute atomic E-state index is 10.5. The molecule has 7 nitrogen and oxygen atoms in total. The molecule has 0 atom stereocenters. The summed E-state index contributed by atoms with van der Waals surface area (Å²) in [5.41, 5.74) is 0. The van der Waals surface area contributed by atoms with Gasteiger partial charge in [-0.3, -0.25) is 0 Å². The van der Waals surface area contributed by atoms with Crippen LogP contribution in [0.1, 0.15) is 32.6 Å². The molecule has 0 fully saturated rings. The molecule has 110 valence electrons. The average molecular weight is 348 g/mol. The fourth-order valence-electron chi connectivity index (χ4n) is 1.38. The van der Waals surface area contributed by atoms with Crippen LogP contribution in [0.25, 0.3) is 0 Å². The SMILES string of the molecule is CCCCCCOC(CS(=O)(=O)[O-])CS(=O)(=O)[O-].[Na+].[Na+]. The maximum atomic E-state index is 10.5. The van der Waals surface area contributed by atoms with Gasteiger partial charge < -0.3 is 13.8 Å². The van der Waals surface area contributed by atoms with Crippen LogP contribution in [0, 0.1) is 0 Å². The standard InChI is InChI=1S/C9H20O7S2.2Na/c1-2-3-4-5-6-16-9(7-17(10,11)12)8-18(13,14)15;;/h9H,2-8H2,1H3,(H,10,11,12)(H,13,14,15);;/q;2*+1/p-2. The summed E-state index contributed by atoms with van der Waals surface area (Å²) in [7, 11) is -9.24. The molecule has 0 aromatic carbocycles. The van der Waals surface area contributed by atoms with Crippen LogP contribution < -0.4 is 59.1 Å². The molecule has 0 aromatic heterocycles. The smallest absolute Gasteiger partial charge is 0.748 e. The van der Waals surface area contributed by atoms with Crippen molar-refractivity contribution < 1.29 is 89.8 Å². The zero-order valence-electron chi connectivity index (χ0n) is 12.2. The molecule has 0 saturated heterocycles. The number of hydrogen-bond acceptors (Lipinski definition) is 7. The Balaban J connectivity index is -0.00000144. The van der Waals surface area contributed by atoms with E-state index >= 15 is 0 Å². The first-order valence-corrected chi connectivity index (χ1v) is 8.78. The molecule has 0 amide bonds. The minimum Gasteiger partial charge on any atom is -0.748 e. The average Bonchev–Trinajstić information content (AvgIpc) is 2.12. The molecular formula is C9H18Na2O7S2. The Morgan fingerprint density at radius 3 is 1.70 bits per heavy atom. The summed E-state index contributed by atoms with van der Waals surface area (Å²) >= 11 is 0. The van der Waals surface area contributed by atoms with Gasteiger partial charge in [-0.1, -0.05) is 26.2 Å². The molecule has 0 N–H and O–H groups in total. The van der Waals surface area contributed by atoms with Gasteiger partial charge in [0.1, 0.15) is 0 Å². The number of rotatable bonds is 10. The van der Waals surface area contributed by atoms with Crippen LogP contribution in [0.5, 0.6) is 0 Å². The van der Waals surface area contributed by atoms with Crippen LogP contribution in [-0.2, 0) is 25.0 Å². The van der Waals surface area contributed by atoms with E-state index in [1.54, 1.807) is 0 Å². The fraction of sp³-hybridized carbons (Fsp3) is 1.00. The van der Waals surface area contributed by atoms with Gasteiger partial charge in [0.25, 0.3) is 0 Å². The molecule has 0 bridgehead atoms. The van der Waals surface area contributed by atoms with Crippen LogP contribution in [0.2, 0.25) is 0 Å². The Labute approximate surface area is 165 Å². The van der Waals surface area contributed by atoms with E-state index in [1.165, 1.54) is 0 Å². The number of ether oxygens (including phenoxy) is 1. The third-order valence-corrected chi connectivity index (χ3v) is 3.69. The van der Waals surface area contributed by atoms with Gasteiger partial charge in [0.05, 0.1) is 37.8 Å². The van der Waals surface area contributed by atoms with Gasteiger partial charge in [0, 0.05) is 6.61 Å². The summed E-state index contributed by atoms with van der Waals surface area (Å²) in [6, 6.07) is 0. The predicted octanol–water partition coefficient (Wildman–Crippen LogP) is -5.95. The van der Waals surface area contributed by atoms with Crippen molar-refractivity contribution in [2.75, 3.05) is 18.1 Å². The molecule has 0 saturated carbocycles. The first kappa shape index (κ1) is 26.7. The van der Waals surface area contributed by atoms with Crippen molar-refractivity contribution in [3.63, 3.8) is 0 Å². The summed E-state index contributed by atoms with van der Waals surface area (Å²) in [6.07, 6.45) is 2.09. The van der Waals surface area contributed by atoms with E-state index in [9.17, 15) is 25.9 Å². The molecule has 0 aromatic rings. The first-order chi connectivity index (χ1) is 8.14. The molecule has 0 heterocycles. The van der Waals surface area contributed by atoms with Crippen molar-refractivity contribution in [1.29, 1.82) is 0 Å². The normalized spacial score (nSPS) is 11.8. The van der Waals surface area contributed by atoms with Gasteiger partial charge >= 0.3 is 59.1 Å². The third kappa shape index (κ3) is 19.8. The quantitative estimate of drug-likeness (QED) is 0.219. The van der Waals surface area contributed by atoms with Crippen molar-refractivity contribution in [2.24, 2.45) is 0 Å². The zero-order chi connectivity index (χ0) is 14.2. The Morgan fingerprint density at radius 1 is 0.900 bits per heavy atom. The summed E-state index contributed by atoms with van der Waals surface area (Å²) in [5.74, 6) is -2.00. The Kier molecular flexibility index (Phi) is 17.7. The topological polar surface area (TPSA) is 124 Å². The molecule has 0 unspecified atom stereocenters. The summed E-state index contributed by atoms with van der Waals surface area (Å²) in [5, 5.41) is 0. The van der Waals surface area contributed by atoms with E-state index < -0.39 is 37.8 Å². The van der Waals surface area contributed by atoms with Crippen molar-refractivity contribution in [1.82, 2.24) is 0 Å². The minimum absolute atomic E-state index is 0. The number of unbranched alkanes of at least 4 members (excludes halogenated alkanes) is 3. The Bertz CT molecular complexity index is 388. The van der Waals surface area contributed by atoms with Gasteiger partial charge in [0.15, 0.2) is 0 Å². The molecule has 0 aliphatic heterocycles. The summed E-state index contributed by atoms with van der Waals surface area (Å²) in [6.45, 7) is 2.15. The van der Waals surface area contributed by atoms with Gasteiger partial charge in [-0.25, -0.2) is 16.8 Å². The molecule has 0 aliphatic rings. The van der Waals surface area contributed by atoms with Crippen molar-refractivity contribution in [2.45, 2.75) is 38.7 Å². The Hall–Kier alpha value is 1.78. The van der Waals surface area contributed by atoms with Crippen molar-refractivity contribution in [3.05, 3.63) is 0 Å². The second-order valence-electron chi connectivity index (χ2n) is 4.00. The number of hydrogen-bond donors (Lipinski definition) is 0. The van der Waals surface area contributed by atoms with E-state index in [-0.39, 0.29) is 65.7 Å². The molecule has 11 heteroatoms. The van der Waals surface area contributed by atoms with Crippen molar-refractivity contribution >= 4 is 20.2 Å². The molecule has 0 rings (SSSR count). The van der Waals surface area contributed by atoms with Crippen LogP contribution in [0.15, 0.2) is 0 Å². The molecule has 0 spiro atoms. The van der Waals surface area contributed by atoms with Gasteiger partial charge in [-0.05, 0) is 6.42 Å². The largest absolute Gasteiger partial charge is 1.00 e. The predicted molar refractivity (Wildman–Crippen MR) is 63.0 cm³/mol. The van der Waals surface area contributed by atoms with Crippen LogP contribution in [0.4, 0.5) is 0 Å². The van der Waals surface area contributed by atoms with E-state index in [1.807, 2.05) is 6.92 Å². The van der Waals surface area contributed by atoms with Crippen LogP contribution in [0.3, 0.4) is 0 Å². The van der Waals surface area contributed by atoms with Crippen LogP contribution in [-0.4, -0.2) is 50.2 Å². The monoisotopic (exact) mass is 348 g/mol. The van der Waals surface area contributed by atoms with E-state index in [2.05, 4.69) is 0 Å². The molecule has 20 heavy (non-hydrogen) atoms. The second kappa shape index (κ2) is 13.2. The second-order valence-corrected chi connectivity index (χ2v) is 6.90. The van der Waals surface area contributed by atoms with E-state index in [0.29, 0.717) is 6.42 Å². The van der Waals surface area contributed by atoms with E-state index in [0.717, 1.165) is 19.3 Å². The fourth-order valence-corrected chi connectivity index (χ4v) is 2.87. The van der Waals surface area contributed by atoms with E-state index in [4.69, 9.17) is 4.74 Å². The van der Waals surface area contributed by atoms with Gasteiger partial charge in [0.2, 0.25) is 0 Å². The minimum atomic E-state index is -4.62. The van der Waals surface area contributed by atoms with Gasteiger partial charge in [-0.15, -0.1) is 0 Å². The summed E-state index contributed by atoms with van der Waals surface area (Å²) < 4.78 is 68.2. The third-order valence-electron chi connectivity index (χ3n) is 2.13. The molecular weight excluding hydrogens is 330 g/mol. The maximum Gasteiger partial charge on any atom is 1.00 e. The van der Waals surface area contributed by atoms with Crippen LogP contribution >= 0.6 is 0 Å². The van der Waals surface area contributed by atoms with Gasteiger partial charge in [-0.2, -0.15) is 0 Å². The summed E-state index contributed by atoms with van der Waals surface area (Å²) in [4.78, 5) is 0. The molecule has 0 radical (unpaired) electrons. The first-order valence-electron chi connectivity index (χ1n) is 5.63. The Morgan fingerprint density at radius 2 is 1.35 bits per heavy atom.